The molecule has 18 heavy (non-hydrogen) atoms. The lowest BCUT2D eigenvalue weighted by molar-refractivity contribution is 0.0970. The highest BCUT2D eigenvalue weighted by molar-refractivity contribution is 5.03. The fourth-order valence-electron chi connectivity index (χ4n) is 4.05. The molecule has 0 amide bonds. The van der Waals surface area contributed by atoms with E-state index in [9.17, 15) is 0 Å². The van der Waals surface area contributed by atoms with Gasteiger partial charge >= 0.3 is 0 Å². The molecular weight excluding hydrogens is 222 g/mol. The smallest absolute Gasteiger partial charge is 0.0332 e. The van der Waals surface area contributed by atoms with Gasteiger partial charge in [0, 0.05) is 31.2 Å². The van der Waals surface area contributed by atoms with Crippen molar-refractivity contribution >= 4 is 0 Å². The van der Waals surface area contributed by atoms with E-state index in [4.69, 9.17) is 5.73 Å². The van der Waals surface area contributed by atoms with Gasteiger partial charge in [0.15, 0.2) is 0 Å². The highest BCUT2D eigenvalue weighted by Crippen LogP contribution is 2.44. The van der Waals surface area contributed by atoms with Gasteiger partial charge in [0.05, 0.1) is 0 Å². The second-order valence-electron chi connectivity index (χ2n) is 6.82. The Balaban J connectivity index is 1.60. The molecule has 3 aliphatic rings. The molecule has 2 unspecified atom stereocenters. The Kier molecular flexibility index (Phi) is 3.65. The van der Waals surface area contributed by atoms with E-state index >= 15 is 0 Å². The molecule has 2 atom stereocenters. The summed E-state index contributed by atoms with van der Waals surface area (Å²) in [6, 6.07) is 0.815. The van der Waals surface area contributed by atoms with E-state index < -0.39 is 0 Å². The zero-order chi connectivity index (χ0) is 12.6. The summed E-state index contributed by atoms with van der Waals surface area (Å²) in [6.45, 7) is 8.45. The van der Waals surface area contributed by atoms with Crippen LogP contribution in [-0.4, -0.2) is 54.1 Å². The van der Waals surface area contributed by atoms with Crippen LogP contribution in [0.15, 0.2) is 0 Å². The van der Waals surface area contributed by atoms with Crippen molar-refractivity contribution in [3.63, 3.8) is 0 Å². The number of piperidine rings is 1. The van der Waals surface area contributed by atoms with Gasteiger partial charge in [0.2, 0.25) is 0 Å². The molecule has 0 bridgehead atoms. The van der Waals surface area contributed by atoms with Crippen LogP contribution in [0.3, 0.4) is 0 Å². The lowest BCUT2D eigenvalue weighted by atomic mass is 9.94. The first-order chi connectivity index (χ1) is 8.74. The molecule has 0 radical (unpaired) electrons. The van der Waals surface area contributed by atoms with Crippen molar-refractivity contribution in [3.05, 3.63) is 0 Å². The Morgan fingerprint density at radius 2 is 1.78 bits per heavy atom. The number of likely N-dealkylation sites (tertiary alicyclic amines) is 2. The van der Waals surface area contributed by atoms with Gasteiger partial charge in [-0.1, -0.05) is 6.42 Å². The van der Waals surface area contributed by atoms with Crippen LogP contribution in [0, 0.1) is 5.92 Å². The number of rotatable bonds is 4. The molecule has 104 valence electrons. The van der Waals surface area contributed by atoms with Crippen LogP contribution in [0.5, 0.6) is 0 Å². The standard InChI is InChI=1S/C15H29N3/c1-15(12-16,13-5-6-13)18-10-7-14(11-18)17-8-3-2-4-9-17/h13-14H,2-12,16H2,1H3. The van der Waals surface area contributed by atoms with Crippen molar-refractivity contribution in [3.8, 4) is 0 Å². The van der Waals surface area contributed by atoms with Crippen LogP contribution >= 0.6 is 0 Å². The molecule has 2 heterocycles. The minimum Gasteiger partial charge on any atom is -0.329 e. The number of nitrogens with two attached hydrogens (primary N) is 1. The zero-order valence-electron chi connectivity index (χ0n) is 11.9. The number of nitrogens with zero attached hydrogens (tertiary/aromatic N) is 2. The Bertz CT molecular complexity index is 283. The quantitative estimate of drug-likeness (QED) is 0.825. The third-order valence-corrected chi connectivity index (χ3v) is 5.66. The minimum atomic E-state index is 0.296. The van der Waals surface area contributed by atoms with Crippen LogP contribution in [-0.2, 0) is 0 Å². The summed E-state index contributed by atoms with van der Waals surface area (Å²) in [5, 5.41) is 0. The maximum atomic E-state index is 6.10. The first-order valence-electron chi connectivity index (χ1n) is 7.93. The first-order valence-corrected chi connectivity index (χ1v) is 7.93. The summed E-state index contributed by atoms with van der Waals surface area (Å²) in [6.07, 6.45) is 8.43. The molecular formula is C15H29N3. The topological polar surface area (TPSA) is 32.5 Å². The van der Waals surface area contributed by atoms with Crippen LogP contribution in [0.1, 0.15) is 45.4 Å². The second-order valence-corrected chi connectivity index (χ2v) is 6.82. The number of hydrogen-bond acceptors (Lipinski definition) is 3. The van der Waals surface area contributed by atoms with E-state index in [1.165, 1.54) is 64.7 Å². The van der Waals surface area contributed by atoms with E-state index in [-0.39, 0.29) is 0 Å². The van der Waals surface area contributed by atoms with Gasteiger partial charge in [-0.3, -0.25) is 9.80 Å². The SMILES string of the molecule is CC(CN)(C1CC1)N1CCC(N2CCCCC2)C1. The van der Waals surface area contributed by atoms with Crippen LogP contribution in [0.25, 0.3) is 0 Å². The molecule has 3 heteroatoms. The van der Waals surface area contributed by atoms with Gasteiger partial charge in [0.1, 0.15) is 0 Å². The summed E-state index contributed by atoms with van der Waals surface area (Å²) >= 11 is 0. The Hall–Kier alpha value is -0.120. The van der Waals surface area contributed by atoms with E-state index in [0.29, 0.717) is 5.54 Å². The van der Waals surface area contributed by atoms with Crippen molar-refractivity contribution in [2.45, 2.75) is 57.0 Å². The molecule has 2 aliphatic heterocycles. The number of hydrogen-bond donors (Lipinski definition) is 1. The molecule has 1 aliphatic carbocycles. The molecule has 3 nitrogen and oxygen atoms in total. The van der Waals surface area contributed by atoms with Gasteiger partial charge < -0.3 is 5.73 Å². The predicted octanol–water partition coefficient (Wildman–Crippen LogP) is 1.67. The average molecular weight is 251 g/mol. The summed E-state index contributed by atoms with van der Waals surface area (Å²) in [7, 11) is 0. The Labute approximate surface area is 112 Å². The molecule has 3 fully saturated rings. The average Bonchev–Trinajstić information content (AvgIpc) is 3.16. The molecule has 1 saturated carbocycles. The van der Waals surface area contributed by atoms with E-state index in [1.54, 1.807) is 0 Å². The summed E-state index contributed by atoms with van der Waals surface area (Å²) in [4.78, 5) is 5.46. The zero-order valence-corrected chi connectivity index (χ0v) is 11.9. The molecule has 0 spiro atoms. The lowest BCUT2D eigenvalue weighted by Gasteiger charge is -2.39. The van der Waals surface area contributed by atoms with Crippen molar-refractivity contribution < 1.29 is 0 Å². The first kappa shape index (κ1) is 12.9. The summed E-state index contributed by atoms with van der Waals surface area (Å²) in [5.41, 5.74) is 6.39. The molecule has 0 aromatic carbocycles. The van der Waals surface area contributed by atoms with Crippen LogP contribution in [0.4, 0.5) is 0 Å². The van der Waals surface area contributed by atoms with E-state index in [1.807, 2.05) is 0 Å². The summed E-state index contributed by atoms with van der Waals surface area (Å²) < 4.78 is 0. The van der Waals surface area contributed by atoms with Gasteiger partial charge in [-0.15, -0.1) is 0 Å². The van der Waals surface area contributed by atoms with E-state index in [0.717, 1.165) is 18.5 Å². The summed E-state index contributed by atoms with van der Waals surface area (Å²) in [5.74, 6) is 0.877. The van der Waals surface area contributed by atoms with Crippen molar-refractivity contribution in [2.24, 2.45) is 11.7 Å². The molecule has 2 saturated heterocycles. The molecule has 0 aromatic heterocycles. The van der Waals surface area contributed by atoms with Gasteiger partial charge in [-0.25, -0.2) is 0 Å². The maximum absolute atomic E-state index is 6.10. The lowest BCUT2D eigenvalue weighted by Crippen LogP contribution is -2.53. The normalized spacial score (nSPS) is 34.7. The van der Waals surface area contributed by atoms with E-state index in [2.05, 4.69) is 16.7 Å². The third-order valence-electron chi connectivity index (χ3n) is 5.66. The monoisotopic (exact) mass is 251 g/mol. The fraction of sp³-hybridized carbons (Fsp3) is 1.00. The highest BCUT2D eigenvalue weighted by atomic mass is 15.3. The van der Waals surface area contributed by atoms with Gasteiger partial charge in [-0.05, 0) is 58.0 Å². The van der Waals surface area contributed by atoms with Crippen molar-refractivity contribution in [1.82, 2.24) is 9.80 Å². The highest BCUT2D eigenvalue weighted by Gasteiger charge is 2.47. The van der Waals surface area contributed by atoms with Crippen molar-refractivity contribution in [1.29, 1.82) is 0 Å². The second kappa shape index (κ2) is 5.10. The van der Waals surface area contributed by atoms with Gasteiger partial charge in [-0.2, -0.15) is 0 Å². The van der Waals surface area contributed by atoms with Gasteiger partial charge in [0.25, 0.3) is 0 Å². The maximum Gasteiger partial charge on any atom is 0.0332 e. The third kappa shape index (κ3) is 2.33. The Morgan fingerprint density at radius 1 is 1.06 bits per heavy atom. The van der Waals surface area contributed by atoms with Crippen molar-refractivity contribution in [2.75, 3.05) is 32.7 Å². The van der Waals surface area contributed by atoms with Crippen LogP contribution < -0.4 is 5.73 Å². The fourth-order valence-corrected chi connectivity index (χ4v) is 4.05. The largest absolute Gasteiger partial charge is 0.329 e. The molecule has 0 aromatic rings. The van der Waals surface area contributed by atoms with Crippen LogP contribution in [0.2, 0.25) is 0 Å². The Morgan fingerprint density at radius 3 is 2.39 bits per heavy atom. The molecule has 2 N–H and O–H groups in total. The molecule has 3 rings (SSSR count). The minimum absolute atomic E-state index is 0.296. The predicted molar refractivity (Wildman–Crippen MR) is 75.6 cm³/mol.